The van der Waals surface area contributed by atoms with E-state index in [2.05, 4.69) is 27.4 Å². The molecule has 2 N–H and O–H groups in total. The van der Waals surface area contributed by atoms with Gasteiger partial charge in [-0.15, -0.1) is 16.8 Å². The van der Waals surface area contributed by atoms with Gasteiger partial charge >= 0.3 is 0 Å². The van der Waals surface area contributed by atoms with Gasteiger partial charge in [-0.3, -0.25) is 9.59 Å². The van der Waals surface area contributed by atoms with Crippen molar-refractivity contribution in [3.05, 3.63) is 83.2 Å². The molecule has 3 rings (SSSR count). The van der Waals surface area contributed by atoms with E-state index < -0.39 is 0 Å². The summed E-state index contributed by atoms with van der Waals surface area (Å²) >= 11 is 1.31. The van der Waals surface area contributed by atoms with Crippen molar-refractivity contribution in [3.8, 4) is 0 Å². The normalized spacial score (nSPS) is 11.8. The molecular formula is C27H33N5O2S. The molecule has 2 amide bonds. The highest BCUT2D eigenvalue weighted by Gasteiger charge is 2.26. The number of benzene rings is 2. The maximum absolute atomic E-state index is 12.9. The molecule has 0 aliphatic rings. The molecule has 0 saturated heterocycles. The monoisotopic (exact) mass is 491 g/mol. The summed E-state index contributed by atoms with van der Waals surface area (Å²) in [5, 5.41) is 15.4. The number of thioether (sulfide) groups is 1. The molecule has 0 bridgehead atoms. The van der Waals surface area contributed by atoms with Gasteiger partial charge in [0.2, 0.25) is 5.91 Å². The summed E-state index contributed by atoms with van der Waals surface area (Å²) < 4.78 is 1.91. The average Bonchev–Trinajstić information content (AvgIpc) is 3.21. The zero-order chi connectivity index (χ0) is 25.5. The van der Waals surface area contributed by atoms with Gasteiger partial charge in [0.1, 0.15) is 0 Å². The third kappa shape index (κ3) is 6.60. The second-order valence-corrected chi connectivity index (χ2v) is 9.83. The van der Waals surface area contributed by atoms with Crippen molar-refractivity contribution in [1.29, 1.82) is 0 Å². The Labute approximate surface area is 211 Å². The van der Waals surface area contributed by atoms with Crippen LogP contribution in [-0.4, -0.2) is 32.3 Å². The van der Waals surface area contributed by atoms with Crippen molar-refractivity contribution in [2.24, 2.45) is 5.92 Å². The fourth-order valence-electron chi connectivity index (χ4n) is 3.60. The van der Waals surface area contributed by atoms with Crippen LogP contribution < -0.4 is 10.6 Å². The Kier molecular flexibility index (Phi) is 8.87. The number of nitrogens with one attached hydrogen (secondary N) is 2. The second kappa shape index (κ2) is 11.8. The summed E-state index contributed by atoms with van der Waals surface area (Å²) in [5.74, 6) is 0.607. The molecule has 0 unspecified atom stereocenters. The highest BCUT2D eigenvalue weighted by Crippen LogP contribution is 2.26. The van der Waals surface area contributed by atoms with Crippen molar-refractivity contribution >= 4 is 29.3 Å². The van der Waals surface area contributed by atoms with Gasteiger partial charge in [0, 0.05) is 17.8 Å². The molecule has 0 aliphatic carbocycles. The SMILES string of the molecule is C=CCn1c(SCC(=O)Nc2cccc(C)c2C)nnc1[C@@H](NC(=O)c1ccc(C)cc1)C(C)C. The number of anilines is 1. The van der Waals surface area contributed by atoms with Gasteiger partial charge in [0.05, 0.1) is 11.8 Å². The Morgan fingerprint density at radius 3 is 2.46 bits per heavy atom. The Morgan fingerprint density at radius 1 is 1.09 bits per heavy atom. The smallest absolute Gasteiger partial charge is 0.251 e. The van der Waals surface area contributed by atoms with Gasteiger partial charge in [-0.25, -0.2) is 0 Å². The molecule has 0 fully saturated rings. The van der Waals surface area contributed by atoms with Crippen LogP contribution in [0.3, 0.4) is 0 Å². The zero-order valence-corrected chi connectivity index (χ0v) is 21.8. The minimum absolute atomic E-state index is 0.0719. The van der Waals surface area contributed by atoms with E-state index in [1.54, 1.807) is 6.08 Å². The maximum atomic E-state index is 12.9. The lowest BCUT2D eigenvalue weighted by Crippen LogP contribution is -2.33. The Hall–Kier alpha value is -3.39. The van der Waals surface area contributed by atoms with Crippen molar-refractivity contribution in [2.45, 2.75) is 52.4 Å². The first-order valence-corrected chi connectivity index (χ1v) is 12.6. The molecule has 1 aromatic heterocycles. The van der Waals surface area contributed by atoms with Crippen molar-refractivity contribution in [1.82, 2.24) is 20.1 Å². The Bertz CT molecular complexity index is 1200. The number of hydrogen-bond acceptors (Lipinski definition) is 5. The van der Waals surface area contributed by atoms with Gasteiger partial charge in [-0.05, 0) is 56.0 Å². The van der Waals surface area contributed by atoms with Crippen molar-refractivity contribution in [2.75, 3.05) is 11.1 Å². The molecule has 35 heavy (non-hydrogen) atoms. The van der Waals surface area contributed by atoms with Crippen LogP contribution in [0.2, 0.25) is 0 Å². The quantitative estimate of drug-likeness (QED) is 0.299. The summed E-state index contributed by atoms with van der Waals surface area (Å²) in [6, 6.07) is 12.9. The van der Waals surface area contributed by atoms with Gasteiger partial charge < -0.3 is 15.2 Å². The number of aryl methyl sites for hydroxylation is 2. The number of hydrogen-bond donors (Lipinski definition) is 2. The van der Waals surface area contributed by atoms with Crippen LogP contribution in [0, 0.1) is 26.7 Å². The standard InChI is InChI=1S/C27H33N5O2S/c1-7-15-32-25(24(17(2)3)29-26(34)21-13-11-18(4)12-14-21)30-31-27(32)35-16-23(33)28-22-10-8-9-19(5)20(22)6/h7-14,17,24H,1,15-16H2,2-6H3,(H,28,33)(H,29,34)/t24-/m0/s1. The van der Waals surface area contributed by atoms with Crippen LogP contribution in [0.5, 0.6) is 0 Å². The molecule has 1 atom stereocenters. The van der Waals surface area contributed by atoms with Crippen molar-refractivity contribution < 1.29 is 9.59 Å². The molecule has 0 saturated carbocycles. The van der Waals surface area contributed by atoms with E-state index in [1.165, 1.54) is 11.8 Å². The first-order chi connectivity index (χ1) is 16.7. The summed E-state index contributed by atoms with van der Waals surface area (Å²) in [4.78, 5) is 25.5. The highest BCUT2D eigenvalue weighted by molar-refractivity contribution is 7.99. The van der Waals surface area contributed by atoms with E-state index in [9.17, 15) is 9.59 Å². The van der Waals surface area contributed by atoms with Crippen LogP contribution >= 0.6 is 11.8 Å². The van der Waals surface area contributed by atoms with Crippen LogP contribution in [0.15, 0.2) is 60.3 Å². The molecule has 8 heteroatoms. The number of nitrogens with zero attached hydrogens (tertiary/aromatic N) is 3. The van der Waals surface area contributed by atoms with Crippen molar-refractivity contribution in [3.63, 3.8) is 0 Å². The Balaban J connectivity index is 1.75. The average molecular weight is 492 g/mol. The van der Waals surface area contributed by atoms with Gasteiger partial charge in [-0.2, -0.15) is 0 Å². The lowest BCUT2D eigenvalue weighted by molar-refractivity contribution is -0.113. The number of amides is 2. The fraction of sp³-hybridized carbons (Fsp3) is 0.333. The zero-order valence-electron chi connectivity index (χ0n) is 21.0. The molecule has 0 radical (unpaired) electrons. The summed E-state index contributed by atoms with van der Waals surface area (Å²) in [6.07, 6.45) is 1.76. The molecule has 3 aromatic rings. The first kappa shape index (κ1) is 26.2. The molecule has 0 aliphatic heterocycles. The van der Waals surface area contributed by atoms with E-state index in [1.807, 2.05) is 81.7 Å². The van der Waals surface area contributed by atoms with E-state index in [0.29, 0.717) is 23.1 Å². The number of rotatable bonds is 10. The molecule has 1 heterocycles. The predicted octanol–water partition coefficient (Wildman–Crippen LogP) is 5.25. The number of aromatic nitrogens is 3. The molecule has 184 valence electrons. The summed E-state index contributed by atoms with van der Waals surface area (Å²) in [7, 11) is 0. The maximum Gasteiger partial charge on any atom is 0.251 e. The van der Waals surface area contributed by atoms with Gasteiger partial charge in [-0.1, -0.05) is 61.5 Å². The lowest BCUT2D eigenvalue weighted by Gasteiger charge is -2.22. The fourth-order valence-corrected chi connectivity index (χ4v) is 4.35. The topological polar surface area (TPSA) is 88.9 Å². The van der Waals surface area contributed by atoms with E-state index >= 15 is 0 Å². The van der Waals surface area contributed by atoms with Crippen LogP contribution in [0.1, 0.15) is 52.8 Å². The lowest BCUT2D eigenvalue weighted by atomic mass is 10.0. The molecule has 2 aromatic carbocycles. The highest BCUT2D eigenvalue weighted by atomic mass is 32.2. The molecule has 0 spiro atoms. The van der Waals surface area contributed by atoms with E-state index in [-0.39, 0.29) is 29.5 Å². The number of carbonyl (C=O) groups excluding carboxylic acids is 2. The summed E-state index contributed by atoms with van der Waals surface area (Å²) in [5.41, 5.74) is 4.66. The Morgan fingerprint density at radius 2 is 1.80 bits per heavy atom. The third-order valence-electron chi connectivity index (χ3n) is 5.81. The third-order valence-corrected chi connectivity index (χ3v) is 6.78. The van der Waals surface area contributed by atoms with Crippen LogP contribution in [0.4, 0.5) is 5.69 Å². The van der Waals surface area contributed by atoms with E-state index in [0.717, 1.165) is 22.4 Å². The minimum Gasteiger partial charge on any atom is -0.342 e. The number of carbonyl (C=O) groups is 2. The van der Waals surface area contributed by atoms with Crippen LogP contribution in [-0.2, 0) is 11.3 Å². The second-order valence-electron chi connectivity index (χ2n) is 8.89. The first-order valence-electron chi connectivity index (χ1n) is 11.6. The largest absolute Gasteiger partial charge is 0.342 e. The van der Waals surface area contributed by atoms with Gasteiger partial charge in [0.15, 0.2) is 11.0 Å². The minimum atomic E-state index is -0.352. The van der Waals surface area contributed by atoms with Crippen LogP contribution in [0.25, 0.3) is 0 Å². The molecule has 7 nitrogen and oxygen atoms in total. The number of allylic oxidation sites excluding steroid dienone is 1. The molecular weight excluding hydrogens is 458 g/mol. The summed E-state index contributed by atoms with van der Waals surface area (Å²) in [6.45, 7) is 14.4. The van der Waals surface area contributed by atoms with E-state index in [4.69, 9.17) is 0 Å². The van der Waals surface area contributed by atoms with Gasteiger partial charge in [0.25, 0.3) is 5.91 Å². The predicted molar refractivity (Wildman–Crippen MR) is 142 cm³/mol.